The number of phenolic OH excluding ortho intramolecular Hbond substituents is 1. The molecule has 4 aromatic carbocycles. The Labute approximate surface area is 232 Å². The molecule has 198 valence electrons. The lowest BCUT2D eigenvalue weighted by Crippen LogP contribution is -2.15. The highest BCUT2D eigenvalue weighted by atomic mass is 35.5. The van der Waals surface area contributed by atoms with Gasteiger partial charge in [-0.1, -0.05) is 73.1 Å². The second kappa shape index (κ2) is 10.8. The van der Waals surface area contributed by atoms with E-state index in [9.17, 15) is 23.1 Å². The van der Waals surface area contributed by atoms with Gasteiger partial charge in [0.2, 0.25) is 0 Å². The van der Waals surface area contributed by atoms with Crippen LogP contribution in [-0.2, 0) is 12.6 Å². The molecule has 5 aromatic rings. The normalized spacial score (nSPS) is 12.4. The van der Waals surface area contributed by atoms with Gasteiger partial charge in [0.25, 0.3) is 0 Å². The summed E-state index contributed by atoms with van der Waals surface area (Å²) >= 11 is 7.72. The number of aromatic hydroxyl groups is 1. The van der Waals surface area contributed by atoms with Crippen LogP contribution in [0.3, 0.4) is 0 Å². The first-order chi connectivity index (χ1) is 18.7. The number of rotatable bonds is 7. The Morgan fingerprint density at radius 3 is 2.33 bits per heavy atom. The minimum absolute atomic E-state index is 0.0163. The monoisotopic (exact) mass is 565 g/mol. The molecule has 1 heterocycles. The van der Waals surface area contributed by atoms with Gasteiger partial charge in [-0.05, 0) is 59.2 Å². The van der Waals surface area contributed by atoms with E-state index in [1.54, 1.807) is 36.4 Å². The van der Waals surface area contributed by atoms with E-state index >= 15 is 0 Å². The first-order valence-electron chi connectivity index (χ1n) is 12.2. The van der Waals surface area contributed by atoms with E-state index in [-0.39, 0.29) is 11.5 Å². The van der Waals surface area contributed by atoms with Gasteiger partial charge in [0, 0.05) is 16.0 Å². The Hall–Kier alpha value is -3.81. The van der Waals surface area contributed by atoms with E-state index < -0.39 is 17.8 Å². The number of carbonyl (C=O) groups is 1. The average molecular weight is 566 g/mol. The number of hydrogen-bond acceptors (Lipinski definition) is 4. The van der Waals surface area contributed by atoms with E-state index in [1.165, 1.54) is 23.5 Å². The van der Waals surface area contributed by atoms with Crippen molar-refractivity contribution in [2.24, 2.45) is 0 Å². The predicted octanol–water partition coefficient (Wildman–Crippen LogP) is 9.27. The SMILES string of the molecule is CCc1cc(C(=O)c2ccccc2Cl)c(NC(c2ccc(C(F)(F)F)cc2)c2c(O)ccc3ccccc23)s1. The molecule has 0 aliphatic rings. The summed E-state index contributed by atoms with van der Waals surface area (Å²) in [7, 11) is 0. The summed E-state index contributed by atoms with van der Waals surface area (Å²) in [5.41, 5.74) is 0.974. The molecule has 0 fully saturated rings. The molecule has 0 aliphatic heterocycles. The lowest BCUT2D eigenvalue weighted by Gasteiger charge is -2.24. The summed E-state index contributed by atoms with van der Waals surface area (Å²) in [6.45, 7) is 1.98. The number of ketones is 1. The largest absolute Gasteiger partial charge is 0.508 e. The van der Waals surface area contributed by atoms with Crippen molar-refractivity contribution < 1.29 is 23.1 Å². The zero-order valence-corrected chi connectivity index (χ0v) is 22.3. The molecule has 0 amide bonds. The smallest absolute Gasteiger partial charge is 0.416 e. The van der Waals surface area contributed by atoms with Crippen LogP contribution in [0.4, 0.5) is 18.2 Å². The molecule has 8 heteroatoms. The fourth-order valence-corrected chi connectivity index (χ4v) is 5.83. The van der Waals surface area contributed by atoms with Gasteiger partial charge in [-0.3, -0.25) is 4.79 Å². The molecule has 0 saturated carbocycles. The number of nitrogens with one attached hydrogen (secondary N) is 1. The first-order valence-corrected chi connectivity index (χ1v) is 13.4. The lowest BCUT2D eigenvalue weighted by molar-refractivity contribution is -0.137. The summed E-state index contributed by atoms with van der Waals surface area (Å²) in [5, 5.41) is 16.9. The summed E-state index contributed by atoms with van der Waals surface area (Å²) < 4.78 is 40.0. The van der Waals surface area contributed by atoms with E-state index in [1.807, 2.05) is 37.3 Å². The van der Waals surface area contributed by atoms with Crippen LogP contribution >= 0.6 is 22.9 Å². The Bertz CT molecular complexity index is 1660. The minimum atomic E-state index is -4.48. The molecular formula is C31H23ClF3NO2S. The van der Waals surface area contributed by atoms with Crippen molar-refractivity contribution in [1.29, 1.82) is 0 Å². The van der Waals surface area contributed by atoms with Crippen molar-refractivity contribution in [3.8, 4) is 5.75 Å². The molecule has 1 aromatic heterocycles. The summed E-state index contributed by atoms with van der Waals surface area (Å²) in [5.74, 6) is -0.287. The lowest BCUT2D eigenvalue weighted by atomic mass is 9.92. The van der Waals surface area contributed by atoms with Crippen LogP contribution < -0.4 is 5.32 Å². The van der Waals surface area contributed by atoms with Crippen molar-refractivity contribution in [2.75, 3.05) is 5.32 Å². The number of benzene rings is 4. The Morgan fingerprint density at radius 2 is 1.64 bits per heavy atom. The van der Waals surface area contributed by atoms with Gasteiger partial charge in [0.05, 0.1) is 22.2 Å². The Balaban J connectivity index is 1.68. The van der Waals surface area contributed by atoms with Gasteiger partial charge in [0.15, 0.2) is 5.78 Å². The van der Waals surface area contributed by atoms with Gasteiger partial charge in [-0.25, -0.2) is 0 Å². The molecule has 2 N–H and O–H groups in total. The topological polar surface area (TPSA) is 49.3 Å². The van der Waals surface area contributed by atoms with Crippen molar-refractivity contribution >= 4 is 44.5 Å². The van der Waals surface area contributed by atoms with E-state index in [0.29, 0.717) is 38.7 Å². The highest BCUT2D eigenvalue weighted by molar-refractivity contribution is 7.16. The van der Waals surface area contributed by atoms with Crippen LogP contribution in [0.5, 0.6) is 5.75 Å². The highest BCUT2D eigenvalue weighted by Gasteiger charge is 2.31. The molecule has 0 spiro atoms. The number of carbonyl (C=O) groups excluding carboxylic acids is 1. The minimum Gasteiger partial charge on any atom is -0.508 e. The summed E-state index contributed by atoms with van der Waals surface area (Å²) in [6.07, 6.45) is -3.80. The van der Waals surface area contributed by atoms with Crippen molar-refractivity contribution in [3.05, 3.63) is 129 Å². The molecule has 0 aliphatic carbocycles. The fraction of sp³-hybridized carbons (Fsp3) is 0.129. The molecule has 0 radical (unpaired) electrons. The van der Waals surface area contributed by atoms with Crippen molar-refractivity contribution in [1.82, 2.24) is 0 Å². The number of phenols is 1. The molecule has 1 atom stereocenters. The molecule has 0 saturated heterocycles. The maximum atomic E-state index is 13.6. The Morgan fingerprint density at radius 1 is 0.949 bits per heavy atom. The standard InChI is InChI=1S/C31H23ClF3NO2S/c1-2-21-17-24(29(38)23-9-5-6-10-25(23)32)30(39-21)36-28(19-11-14-20(15-12-19)31(33,34)35)27-22-8-4-3-7-18(22)13-16-26(27)37/h3-17,28,36-37H,2H2,1H3. The summed E-state index contributed by atoms with van der Waals surface area (Å²) in [6, 6.07) is 23.5. The van der Waals surface area contributed by atoms with Crippen LogP contribution in [0.25, 0.3) is 10.8 Å². The average Bonchev–Trinajstić information content (AvgIpc) is 3.34. The maximum absolute atomic E-state index is 13.6. The van der Waals surface area contributed by atoms with E-state index in [2.05, 4.69) is 5.32 Å². The summed E-state index contributed by atoms with van der Waals surface area (Å²) in [4.78, 5) is 14.6. The van der Waals surface area contributed by atoms with Crippen LogP contribution in [0.1, 0.15) is 50.5 Å². The van der Waals surface area contributed by atoms with Gasteiger partial charge >= 0.3 is 6.18 Å². The van der Waals surface area contributed by atoms with Crippen LogP contribution in [0.15, 0.2) is 91.0 Å². The van der Waals surface area contributed by atoms with Gasteiger partial charge in [-0.15, -0.1) is 11.3 Å². The number of thiophene rings is 1. The number of anilines is 1. The molecule has 0 bridgehead atoms. The zero-order valence-electron chi connectivity index (χ0n) is 20.7. The molecule has 5 rings (SSSR count). The van der Waals surface area contributed by atoms with Crippen LogP contribution in [-0.4, -0.2) is 10.9 Å². The molecule has 1 unspecified atom stereocenters. The third-order valence-electron chi connectivity index (χ3n) is 6.58. The second-order valence-electron chi connectivity index (χ2n) is 9.03. The van der Waals surface area contributed by atoms with E-state index in [0.717, 1.165) is 27.8 Å². The quantitative estimate of drug-likeness (QED) is 0.193. The molecule has 3 nitrogen and oxygen atoms in total. The Kier molecular flexibility index (Phi) is 7.38. The fourth-order valence-electron chi connectivity index (χ4n) is 4.59. The third kappa shape index (κ3) is 5.37. The maximum Gasteiger partial charge on any atom is 0.416 e. The molecular weight excluding hydrogens is 543 g/mol. The number of hydrogen-bond donors (Lipinski definition) is 2. The first kappa shape index (κ1) is 26.8. The number of fused-ring (bicyclic) bond motifs is 1. The van der Waals surface area contributed by atoms with Crippen molar-refractivity contribution in [2.45, 2.75) is 25.6 Å². The zero-order chi connectivity index (χ0) is 27.7. The number of aryl methyl sites for hydroxylation is 1. The van der Waals surface area contributed by atoms with Gasteiger partial charge in [0.1, 0.15) is 10.8 Å². The molecule has 39 heavy (non-hydrogen) atoms. The number of halogens is 4. The third-order valence-corrected chi connectivity index (χ3v) is 8.12. The second-order valence-corrected chi connectivity index (χ2v) is 10.6. The van der Waals surface area contributed by atoms with E-state index in [4.69, 9.17) is 11.6 Å². The van der Waals surface area contributed by atoms with Crippen molar-refractivity contribution in [3.63, 3.8) is 0 Å². The predicted molar refractivity (Wildman–Crippen MR) is 151 cm³/mol. The number of alkyl halides is 3. The van der Waals surface area contributed by atoms with Gasteiger partial charge in [-0.2, -0.15) is 13.2 Å². The van der Waals surface area contributed by atoms with Crippen LogP contribution in [0, 0.1) is 0 Å². The van der Waals surface area contributed by atoms with Crippen LogP contribution in [0.2, 0.25) is 5.02 Å². The van der Waals surface area contributed by atoms with Gasteiger partial charge < -0.3 is 10.4 Å². The highest BCUT2D eigenvalue weighted by Crippen LogP contribution is 2.42.